The lowest BCUT2D eigenvalue weighted by Gasteiger charge is -2.37. The summed E-state index contributed by atoms with van der Waals surface area (Å²) in [6.07, 6.45) is 0.673. The van der Waals surface area contributed by atoms with Crippen molar-refractivity contribution in [1.29, 1.82) is 0 Å². The Morgan fingerprint density at radius 3 is 1.55 bits per heavy atom. The number of nitrogens with one attached hydrogen (secondary N) is 1. The first-order valence-corrected chi connectivity index (χ1v) is 18.6. The SMILES string of the molecule is CCOC(=O)CN1CCN(CC(=O)OC(C)(C)C)CCN(C(CCC(=O)NCCCN=[N+]=[N-])C(=O)OC(C)(C)C)CCN(CC(=O)OC(C)(C)C)CC1. The molecule has 1 amide bonds. The van der Waals surface area contributed by atoms with E-state index < -0.39 is 40.8 Å². The van der Waals surface area contributed by atoms with Gasteiger partial charge in [-0.05, 0) is 87.6 Å². The van der Waals surface area contributed by atoms with Crippen LogP contribution >= 0.6 is 0 Å². The maximum Gasteiger partial charge on any atom is 0.323 e. The molecule has 0 aromatic carbocycles. The zero-order valence-electron chi connectivity index (χ0n) is 33.9. The van der Waals surface area contributed by atoms with Gasteiger partial charge in [0.1, 0.15) is 22.8 Å². The van der Waals surface area contributed by atoms with Gasteiger partial charge in [-0.15, -0.1) is 0 Å². The van der Waals surface area contributed by atoms with Crippen LogP contribution in [0.15, 0.2) is 5.11 Å². The Balaban J connectivity index is 3.48. The molecule has 0 bridgehead atoms. The van der Waals surface area contributed by atoms with Gasteiger partial charge in [-0.1, -0.05) is 5.11 Å². The van der Waals surface area contributed by atoms with Gasteiger partial charge < -0.3 is 24.3 Å². The lowest BCUT2D eigenvalue weighted by Crippen LogP contribution is -2.53. The summed E-state index contributed by atoms with van der Waals surface area (Å²) < 4.78 is 22.4. The lowest BCUT2D eigenvalue weighted by molar-refractivity contribution is -0.163. The van der Waals surface area contributed by atoms with Crippen molar-refractivity contribution in [2.75, 3.05) is 91.7 Å². The summed E-state index contributed by atoms with van der Waals surface area (Å²) in [5, 5.41) is 6.30. The number of azide groups is 1. The highest BCUT2D eigenvalue weighted by Crippen LogP contribution is 2.17. The van der Waals surface area contributed by atoms with Gasteiger partial charge in [0.05, 0.1) is 26.2 Å². The summed E-state index contributed by atoms with van der Waals surface area (Å²) in [6.45, 7) is 21.7. The van der Waals surface area contributed by atoms with E-state index in [2.05, 4.69) is 15.3 Å². The molecule has 304 valence electrons. The summed E-state index contributed by atoms with van der Waals surface area (Å²) >= 11 is 0. The zero-order chi connectivity index (χ0) is 40.2. The van der Waals surface area contributed by atoms with E-state index in [-0.39, 0.29) is 57.5 Å². The highest BCUT2D eigenvalue weighted by atomic mass is 16.6. The van der Waals surface area contributed by atoms with Crippen molar-refractivity contribution < 1.29 is 42.9 Å². The minimum atomic E-state index is -0.821. The number of hydrogen-bond acceptors (Lipinski definition) is 14. The van der Waals surface area contributed by atoms with Crippen LogP contribution in [0.1, 0.15) is 88.5 Å². The highest BCUT2D eigenvalue weighted by Gasteiger charge is 2.33. The lowest BCUT2D eigenvalue weighted by atomic mass is 10.1. The van der Waals surface area contributed by atoms with Gasteiger partial charge in [-0.2, -0.15) is 0 Å². The number of ether oxygens (including phenoxy) is 4. The first kappa shape index (κ1) is 47.5. The van der Waals surface area contributed by atoms with Gasteiger partial charge in [0.25, 0.3) is 0 Å². The van der Waals surface area contributed by atoms with E-state index in [1.807, 2.05) is 19.6 Å². The van der Waals surface area contributed by atoms with E-state index >= 15 is 0 Å². The Kier molecular flexibility index (Phi) is 20.9. The fourth-order valence-electron chi connectivity index (χ4n) is 5.44. The molecule has 1 unspecified atom stereocenters. The number of esters is 4. The molecule has 1 heterocycles. The maximum atomic E-state index is 13.8. The van der Waals surface area contributed by atoms with Crippen molar-refractivity contribution in [3.05, 3.63) is 10.4 Å². The molecule has 1 saturated heterocycles. The number of rotatable bonds is 16. The van der Waals surface area contributed by atoms with Gasteiger partial charge in [0, 0.05) is 76.8 Å². The fourth-order valence-corrected chi connectivity index (χ4v) is 5.44. The second-order valence-electron chi connectivity index (χ2n) is 16.1. The van der Waals surface area contributed by atoms with E-state index in [0.29, 0.717) is 65.3 Å². The zero-order valence-corrected chi connectivity index (χ0v) is 33.9. The molecule has 0 aromatic rings. The van der Waals surface area contributed by atoms with Crippen LogP contribution in [0.25, 0.3) is 10.4 Å². The minimum Gasteiger partial charge on any atom is -0.465 e. The van der Waals surface area contributed by atoms with Crippen molar-refractivity contribution in [3.63, 3.8) is 0 Å². The molecule has 53 heavy (non-hydrogen) atoms. The first-order chi connectivity index (χ1) is 24.6. The second-order valence-corrected chi connectivity index (χ2v) is 16.1. The summed E-state index contributed by atoms with van der Waals surface area (Å²) in [4.78, 5) is 75.8. The van der Waals surface area contributed by atoms with Crippen LogP contribution in [0, 0.1) is 0 Å². The molecule has 0 saturated carbocycles. The Bertz CT molecular complexity index is 1180. The smallest absolute Gasteiger partial charge is 0.323 e. The molecule has 17 nitrogen and oxygen atoms in total. The summed E-state index contributed by atoms with van der Waals surface area (Å²) in [5.41, 5.74) is 6.33. The van der Waals surface area contributed by atoms with Crippen molar-refractivity contribution in [2.45, 2.75) is 111 Å². The van der Waals surface area contributed by atoms with E-state index in [4.69, 9.17) is 24.5 Å². The number of carbonyl (C=O) groups excluding carboxylic acids is 5. The predicted molar refractivity (Wildman–Crippen MR) is 200 cm³/mol. The van der Waals surface area contributed by atoms with Crippen LogP contribution < -0.4 is 5.32 Å². The second kappa shape index (κ2) is 23.3. The van der Waals surface area contributed by atoms with Crippen LogP contribution in [-0.4, -0.2) is 164 Å². The Morgan fingerprint density at radius 1 is 0.698 bits per heavy atom. The first-order valence-electron chi connectivity index (χ1n) is 18.6. The summed E-state index contributed by atoms with van der Waals surface area (Å²) in [6, 6.07) is -0.821. The maximum absolute atomic E-state index is 13.8. The third-order valence-electron chi connectivity index (χ3n) is 7.66. The van der Waals surface area contributed by atoms with Crippen LogP contribution in [0.2, 0.25) is 0 Å². The van der Waals surface area contributed by atoms with Crippen molar-refractivity contribution >= 4 is 29.8 Å². The van der Waals surface area contributed by atoms with Gasteiger partial charge in [-0.25, -0.2) is 0 Å². The number of nitrogens with zero attached hydrogens (tertiary/aromatic N) is 7. The molecule has 0 radical (unpaired) electrons. The molecule has 0 aliphatic carbocycles. The van der Waals surface area contributed by atoms with E-state index in [0.717, 1.165) is 0 Å². The number of amides is 1. The van der Waals surface area contributed by atoms with Crippen LogP contribution in [0.3, 0.4) is 0 Å². The van der Waals surface area contributed by atoms with Gasteiger partial charge >= 0.3 is 23.9 Å². The predicted octanol–water partition coefficient (Wildman–Crippen LogP) is 2.76. The van der Waals surface area contributed by atoms with E-state index in [9.17, 15) is 24.0 Å². The van der Waals surface area contributed by atoms with Crippen molar-refractivity contribution in [3.8, 4) is 0 Å². The monoisotopic (exact) mass is 754 g/mol. The van der Waals surface area contributed by atoms with Gasteiger partial charge in [0.2, 0.25) is 5.91 Å². The molecule has 0 aromatic heterocycles. The molecular formula is C36H66N8O9. The van der Waals surface area contributed by atoms with Crippen LogP contribution in [0.4, 0.5) is 0 Å². The third kappa shape index (κ3) is 23.7. The number of hydrogen-bond donors (Lipinski definition) is 1. The topological polar surface area (TPSA) is 196 Å². The molecule has 1 N–H and O–H groups in total. The molecule has 1 rings (SSSR count). The third-order valence-corrected chi connectivity index (χ3v) is 7.66. The Morgan fingerprint density at radius 2 is 1.13 bits per heavy atom. The molecule has 1 aliphatic rings. The standard InChI is InChI=1S/C36H66N8O9/c1-11-50-30(46)25-41-17-19-42(26-31(47)51-34(2,3)4)21-23-44(24-22-43(20-18-41)27-32(48)52-35(5,6)7)28(33(49)53-36(8,9)10)13-14-29(45)38-15-12-16-39-40-37/h28H,11-27H2,1-10H3,(H,38,45). The average molecular weight is 755 g/mol. The van der Waals surface area contributed by atoms with Crippen LogP contribution in [-0.2, 0) is 42.9 Å². The van der Waals surface area contributed by atoms with Crippen molar-refractivity contribution in [1.82, 2.24) is 24.9 Å². The van der Waals surface area contributed by atoms with E-state index in [1.165, 1.54) is 0 Å². The molecule has 1 atom stereocenters. The largest absolute Gasteiger partial charge is 0.465 e. The van der Waals surface area contributed by atoms with Crippen molar-refractivity contribution in [2.24, 2.45) is 5.11 Å². The quantitative estimate of drug-likeness (QED) is 0.0604. The number of carbonyl (C=O) groups is 5. The normalized spacial score (nSPS) is 16.9. The summed E-state index contributed by atoms with van der Waals surface area (Å²) in [7, 11) is 0. The Hall–Kier alpha value is -3.50. The van der Waals surface area contributed by atoms with Gasteiger partial charge in [0.15, 0.2) is 0 Å². The summed E-state index contributed by atoms with van der Waals surface area (Å²) in [5.74, 6) is -1.93. The molecule has 0 spiro atoms. The van der Waals surface area contributed by atoms with Crippen LogP contribution in [0.5, 0.6) is 0 Å². The highest BCUT2D eigenvalue weighted by molar-refractivity contribution is 5.79. The molecule has 1 aliphatic heterocycles. The molecule has 1 fully saturated rings. The molecule has 17 heteroatoms. The van der Waals surface area contributed by atoms with Gasteiger partial charge in [-0.3, -0.25) is 43.6 Å². The Labute approximate surface area is 315 Å². The molecular weight excluding hydrogens is 688 g/mol. The average Bonchev–Trinajstić information content (AvgIpc) is 2.99. The van der Waals surface area contributed by atoms with E-state index in [1.54, 1.807) is 69.2 Å². The fraction of sp³-hybridized carbons (Fsp3) is 0.861. The minimum absolute atomic E-state index is 0.0154.